The maximum Gasteiger partial charge on any atom is 3.00 e. The molecule has 0 saturated heterocycles. The Balaban J connectivity index is -0.0000000450. The largest absolute Gasteiger partial charge is 3.00 e. The number of hydrogen-bond donors (Lipinski definition) is 0. The second kappa shape index (κ2) is 39.1. The van der Waals surface area contributed by atoms with Crippen LogP contribution in [0.2, 0.25) is 0 Å². The molecule has 0 heterocycles. The molecule has 0 bridgehead atoms. The molecular weight excluding hydrogens is 171 g/mol. The number of hydrogen-bond acceptors (Lipinski definition) is 0. The molecule has 0 saturated carbocycles. The summed E-state index contributed by atoms with van der Waals surface area (Å²) in [5.74, 6) is 0. The van der Waals surface area contributed by atoms with Crippen LogP contribution in [0.5, 0.6) is 0 Å². The summed E-state index contributed by atoms with van der Waals surface area (Å²) < 4.78 is 0. The van der Waals surface area contributed by atoms with E-state index >= 15 is 0 Å². The number of rotatable bonds is 3. The van der Waals surface area contributed by atoms with Crippen molar-refractivity contribution in [3.8, 4) is 0 Å². The van der Waals surface area contributed by atoms with E-state index in [4.69, 9.17) is 0 Å². The first-order valence-electron chi connectivity index (χ1n) is 5.12. The zero-order valence-corrected chi connectivity index (χ0v) is 11.1. The molecule has 1 heteroatoms. The first-order valence-corrected chi connectivity index (χ1v) is 5.12. The van der Waals surface area contributed by atoms with E-state index in [1.165, 1.54) is 19.3 Å². The minimum absolute atomic E-state index is 0. The third kappa shape index (κ3) is 111. The van der Waals surface area contributed by atoms with Crippen LogP contribution >= 0.6 is 0 Å². The molecule has 0 rings (SSSR count). The van der Waals surface area contributed by atoms with Crippen molar-refractivity contribution in [1.29, 1.82) is 0 Å². The van der Waals surface area contributed by atoms with E-state index in [0.29, 0.717) is 0 Å². The Morgan fingerprint density at radius 3 is 0.692 bits per heavy atom. The van der Waals surface area contributed by atoms with Gasteiger partial charge in [0.2, 0.25) is 0 Å². The molecule has 0 aromatic rings. The molecule has 0 spiro atoms. The van der Waals surface area contributed by atoms with Gasteiger partial charge in [-0.2, -0.15) is 19.3 Å². The second-order valence-corrected chi connectivity index (χ2v) is 2.56. The van der Waals surface area contributed by atoms with Crippen molar-refractivity contribution >= 4 is 17.4 Å². The van der Waals surface area contributed by atoms with Crippen LogP contribution in [0.25, 0.3) is 0 Å². The summed E-state index contributed by atoms with van der Waals surface area (Å²) >= 11 is 0. The van der Waals surface area contributed by atoms with Crippen molar-refractivity contribution < 1.29 is 0 Å². The SMILES string of the molecule is [Al+3].[CH2-]CCC.[CH2-]CCC.[CH2-]CCC. The van der Waals surface area contributed by atoms with E-state index < -0.39 is 0 Å². The van der Waals surface area contributed by atoms with Crippen LogP contribution in [0, 0.1) is 20.8 Å². The normalized spacial score (nSPS) is 6.92. The summed E-state index contributed by atoms with van der Waals surface area (Å²) in [5.41, 5.74) is 0. The predicted molar refractivity (Wildman–Crippen MR) is 66.5 cm³/mol. The Kier molecular flexibility index (Phi) is 70.3. The molecule has 0 atom stereocenters. The van der Waals surface area contributed by atoms with Gasteiger partial charge in [-0.3, -0.25) is 0 Å². The summed E-state index contributed by atoms with van der Waals surface area (Å²) in [6, 6.07) is 0. The van der Waals surface area contributed by atoms with Crippen LogP contribution < -0.4 is 0 Å². The van der Waals surface area contributed by atoms with Gasteiger partial charge >= 0.3 is 17.4 Å². The van der Waals surface area contributed by atoms with Gasteiger partial charge in [-0.1, -0.05) is 40.0 Å². The van der Waals surface area contributed by atoms with Gasteiger partial charge in [-0.25, -0.2) is 0 Å². The number of unbranched alkanes of at least 4 members (excludes halogenated alkanes) is 3. The third-order valence-corrected chi connectivity index (χ3v) is 1.06. The zero-order chi connectivity index (χ0) is 10.2. The minimum Gasteiger partial charge on any atom is -0.343 e. The summed E-state index contributed by atoms with van der Waals surface area (Å²) in [5, 5.41) is 0. The predicted octanol–water partition coefficient (Wildman–Crippen LogP) is 4.48. The minimum atomic E-state index is 0. The van der Waals surface area contributed by atoms with Gasteiger partial charge in [0.25, 0.3) is 0 Å². The third-order valence-electron chi connectivity index (χ3n) is 1.06. The molecule has 0 unspecified atom stereocenters. The molecule has 0 aliphatic heterocycles. The molecule has 78 valence electrons. The summed E-state index contributed by atoms with van der Waals surface area (Å²) in [6.07, 6.45) is 6.83. The summed E-state index contributed by atoms with van der Waals surface area (Å²) in [4.78, 5) is 0. The monoisotopic (exact) mass is 198 g/mol. The molecule has 0 aliphatic carbocycles. The Bertz CT molecular complexity index is 20.6. The molecule has 0 fully saturated rings. The van der Waals surface area contributed by atoms with Crippen LogP contribution in [0.15, 0.2) is 0 Å². The van der Waals surface area contributed by atoms with Crippen molar-refractivity contribution in [3.05, 3.63) is 20.8 Å². The fourth-order valence-corrected chi connectivity index (χ4v) is 0. The van der Waals surface area contributed by atoms with Crippen LogP contribution in [0.4, 0.5) is 0 Å². The van der Waals surface area contributed by atoms with E-state index in [9.17, 15) is 0 Å². The van der Waals surface area contributed by atoms with Gasteiger partial charge in [-0.15, -0.1) is 0 Å². The average Bonchev–Trinajstić information content (AvgIpc) is 2.18. The Morgan fingerprint density at radius 1 is 0.615 bits per heavy atom. The van der Waals surface area contributed by atoms with Gasteiger partial charge in [-0.05, 0) is 0 Å². The molecule has 0 aromatic heterocycles. The van der Waals surface area contributed by atoms with Crippen LogP contribution in [0.1, 0.15) is 59.3 Å². The molecule has 0 aromatic carbocycles. The van der Waals surface area contributed by atoms with Crippen molar-refractivity contribution in [2.24, 2.45) is 0 Å². The molecule has 0 amide bonds. The summed E-state index contributed by atoms with van der Waals surface area (Å²) in [6.45, 7) is 17.2. The van der Waals surface area contributed by atoms with Crippen molar-refractivity contribution in [2.75, 3.05) is 0 Å². The molecular formula is C12H27Al. The van der Waals surface area contributed by atoms with E-state index in [0.717, 1.165) is 19.3 Å². The topological polar surface area (TPSA) is 0 Å². The van der Waals surface area contributed by atoms with Gasteiger partial charge in [0, 0.05) is 0 Å². The molecule has 0 aliphatic rings. The summed E-state index contributed by atoms with van der Waals surface area (Å²) in [7, 11) is 0. The van der Waals surface area contributed by atoms with Gasteiger partial charge in [0.1, 0.15) is 0 Å². The van der Waals surface area contributed by atoms with Gasteiger partial charge in [0.15, 0.2) is 0 Å². The van der Waals surface area contributed by atoms with E-state index in [-0.39, 0.29) is 17.4 Å². The average molecular weight is 198 g/mol. The molecule has 0 N–H and O–H groups in total. The second-order valence-electron chi connectivity index (χ2n) is 2.56. The fourth-order valence-electron chi connectivity index (χ4n) is 0. The fraction of sp³-hybridized carbons (Fsp3) is 0.750. The molecule has 0 nitrogen and oxygen atoms in total. The molecule has 0 radical (unpaired) electrons. The van der Waals surface area contributed by atoms with Crippen molar-refractivity contribution in [1.82, 2.24) is 0 Å². The van der Waals surface area contributed by atoms with E-state index in [1.54, 1.807) is 0 Å². The van der Waals surface area contributed by atoms with E-state index in [2.05, 4.69) is 41.5 Å². The van der Waals surface area contributed by atoms with Crippen LogP contribution in [-0.4, -0.2) is 17.4 Å². The molecule has 13 heavy (non-hydrogen) atoms. The first-order chi connectivity index (χ1) is 5.74. The van der Waals surface area contributed by atoms with Gasteiger partial charge in [0.05, 0.1) is 0 Å². The van der Waals surface area contributed by atoms with Crippen LogP contribution in [-0.2, 0) is 0 Å². The first kappa shape index (κ1) is 23.4. The standard InChI is InChI=1S/3C4H9.Al/c3*1-3-4-2;/h3*1,3-4H2,2H3;/q3*-1;+3. The van der Waals surface area contributed by atoms with Crippen molar-refractivity contribution in [2.45, 2.75) is 59.3 Å². The Hall–Kier alpha value is 0.532. The maximum atomic E-state index is 3.60. The zero-order valence-electron chi connectivity index (χ0n) is 9.94. The smallest absolute Gasteiger partial charge is 0.343 e. The Labute approximate surface area is 97.6 Å². The Morgan fingerprint density at radius 2 is 0.692 bits per heavy atom. The quantitative estimate of drug-likeness (QED) is 0.463. The van der Waals surface area contributed by atoms with E-state index in [1.807, 2.05) is 0 Å². The maximum absolute atomic E-state index is 3.60. The van der Waals surface area contributed by atoms with Gasteiger partial charge < -0.3 is 20.8 Å². The van der Waals surface area contributed by atoms with Crippen LogP contribution in [0.3, 0.4) is 0 Å². The van der Waals surface area contributed by atoms with Crippen molar-refractivity contribution in [3.63, 3.8) is 0 Å².